The van der Waals surface area contributed by atoms with Gasteiger partial charge in [-0.15, -0.1) is 0 Å². The first-order chi connectivity index (χ1) is 9.13. The zero-order valence-electron chi connectivity index (χ0n) is 11.2. The van der Waals surface area contributed by atoms with Gasteiger partial charge in [0, 0.05) is 22.6 Å². The standard InChI is InChI=1S/C15H18N2O2/c1-9(2)16-15(18)19-10-6-7-14-12(8-10)11-4-3-5-13(11)17-14/h6-9,17H,3-5H2,1-2H3,(H,16,18). The fourth-order valence-electron chi connectivity index (χ4n) is 2.66. The summed E-state index contributed by atoms with van der Waals surface area (Å²) in [6.45, 7) is 3.81. The van der Waals surface area contributed by atoms with Crippen LogP contribution in [0.4, 0.5) is 4.79 Å². The summed E-state index contributed by atoms with van der Waals surface area (Å²) in [6, 6.07) is 5.84. The van der Waals surface area contributed by atoms with Crippen LogP contribution >= 0.6 is 0 Å². The van der Waals surface area contributed by atoms with Gasteiger partial charge in [-0.2, -0.15) is 0 Å². The van der Waals surface area contributed by atoms with Gasteiger partial charge < -0.3 is 15.0 Å². The number of aryl methyl sites for hydroxylation is 2. The van der Waals surface area contributed by atoms with Gasteiger partial charge in [0.25, 0.3) is 0 Å². The minimum Gasteiger partial charge on any atom is -0.410 e. The van der Waals surface area contributed by atoms with Crippen LogP contribution < -0.4 is 10.1 Å². The number of carbonyl (C=O) groups is 1. The number of carbonyl (C=O) groups excluding carboxylic acids is 1. The lowest BCUT2D eigenvalue weighted by molar-refractivity contribution is 0.198. The highest BCUT2D eigenvalue weighted by Gasteiger charge is 2.17. The molecule has 0 saturated carbocycles. The highest BCUT2D eigenvalue weighted by Crippen LogP contribution is 2.32. The second-order valence-corrected chi connectivity index (χ2v) is 5.33. The van der Waals surface area contributed by atoms with Crippen molar-refractivity contribution in [3.05, 3.63) is 29.5 Å². The maximum atomic E-state index is 11.6. The quantitative estimate of drug-likeness (QED) is 0.869. The topological polar surface area (TPSA) is 54.1 Å². The molecule has 0 aliphatic heterocycles. The highest BCUT2D eigenvalue weighted by atomic mass is 16.6. The normalized spacial score (nSPS) is 13.8. The largest absolute Gasteiger partial charge is 0.412 e. The predicted molar refractivity (Wildman–Crippen MR) is 74.6 cm³/mol. The number of nitrogens with one attached hydrogen (secondary N) is 2. The molecule has 0 unspecified atom stereocenters. The Kier molecular flexibility index (Phi) is 2.93. The smallest absolute Gasteiger partial charge is 0.410 e. The van der Waals surface area contributed by atoms with Crippen LogP contribution in [-0.4, -0.2) is 17.1 Å². The fraction of sp³-hybridized carbons (Fsp3) is 0.400. The van der Waals surface area contributed by atoms with Crippen molar-refractivity contribution in [1.29, 1.82) is 0 Å². The zero-order chi connectivity index (χ0) is 13.4. The third kappa shape index (κ3) is 2.30. The second-order valence-electron chi connectivity index (χ2n) is 5.33. The molecule has 4 nitrogen and oxygen atoms in total. The molecule has 100 valence electrons. The Morgan fingerprint density at radius 1 is 1.37 bits per heavy atom. The molecule has 3 rings (SSSR count). The Morgan fingerprint density at radius 2 is 2.21 bits per heavy atom. The fourth-order valence-corrected chi connectivity index (χ4v) is 2.66. The summed E-state index contributed by atoms with van der Waals surface area (Å²) in [6.07, 6.45) is 3.03. The highest BCUT2D eigenvalue weighted by molar-refractivity contribution is 5.87. The molecule has 4 heteroatoms. The number of ether oxygens (including phenoxy) is 1. The molecular weight excluding hydrogens is 240 g/mol. The molecule has 0 fully saturated rings. The van der Waals surface area contributed by atoms with Gasteiger partial charge in [0.1, 0.15) is 5.75 Å². The molecule has 0 bridgehead atoms. The number of H-pyrrole nitrogens is 1. The van der Waals surface area contributed by atoms with E-state index < -0.39 is 6.09 Å². The molecule has 19 heavy (non-hydrogen) atoms. The average molecular weight is 258 g/mol. The van der Waals surface area contributed by atoms with Gasteiger partial charge >= 0.3 is 6.09 Å². The van der Waals surface area contributed by atoms with E-state index in [9.17, 15) is 4.79 Å². The number of fused-ring (bicyclic) bond motifs is 3. The van der Waals surface area contributed by atoms with Gasteiger partial charge in [-0.05, 0) is 56.9 Å². The van der Waals surface area contributed by atoms with E-state index in [2.05, 4.69) is 10.3 Å². The number of benzene rings is 1. The lowest BCUT2D eigenvalue weighted by atomic mass is 10.1. The average Bonchev–Trinajstić information content (AvgIpc) is 2.88. The number of hydrogen-bond acceptors (Lipinski definition) is 2. The van der Waals surface area contributed by atoms with Crippen LogP contribution in [0.2, 0.25) is 0 Å². The minimum absolute atomic E-state index is 0.0766. The molecule has 2 aromatic rings. The van der Waals surface area contributed by atoms with E-state index in [1.807, 2.05) is 32.0 Å². The molecule has 1 aromatic carbocycles. The van der Waals surface area contributed by atoms with Crippen molar-refractivity contribution in [2.45, 2.75) is 39.2 Å². The van der Waals surface area contributed by atoms with E-state index in [1.54, 1.807) is 0 Å². The summed E-state index contributed by atoms with van der Waals surface area (Å²) >= 11 is 0. The zero-order valence-corrected chi connectivity index (χ0v) is 11.2. The number of amides is 1. The summed E-state index contributed by atoms with van der Waals surface area (Å²) < 4.78 is 5.30. The molecule has 1 aliphatic carbocycles. The number of aromatic nitrogens is 1. The Balaban J connectivity index is 1.87. The van der Waals surface area contributed by atoms with Crippen LogP contribution in [0.5, 0.6) is 5.75 Å². The molecule has 1 aromatic heterocycles. The van der Waals surface area contributed by atoms with E-state index >= 15 is 0 Å². The predicted octanol–water partition coefficient (Wildman–Crippen LogP) is 3.15. The second kappa shape index (κ2) is 4.61. The molecule has 1 heterocycles. The van der Waals surface area contributed by atoms with Gasteiger partial charge in [-0.3, -0.25) is 0 Å². The summed E-state index contributed by atoms with van der Waals surface area (Å²) in [4.78, 5) is 15.0. The van der Waals surface area contributed by atoms with Crippen molar-refractivity contribution in [2.24, 2.45) is 0 Å². The lowest BCUT2D eigenvalue weighted by Crippen LogP contribution is -2.32. The first-order valence-corrected chi connectivity index (χ1v) is 6.75. The van der Waals surface area contributed by atoms with Gasteiger partial charge in [0.15, 0.2) is 0 Å². The molecule has 1 aliphatic rings. The third-order valence-electron chi connectivity index (χ3n) is 3.44. The third-order valence-corrected chi connectivity index (χ3v) is 3.44. The summed E-state index contributed by atoms with van der Waals surface area (Å²) in [5.74, 6) is 0.597. The Hall–Kier alpha value is -1.97. The van der Waals surface area contributed by atoms with Crippen molar-refractivity contribution in [3.8, 4) is 5.75 Å². The monoisotopic (exact) mass is 258 g/mol. The van der Waals surface area contributed by atoms with E-state index in [0.29, 0.717) is 5.75 Å². The van der Waals surface area contributed by atoms with E-state index in [4.69, 9.17) is 4.74 Å². The Labute approximate surface area is 112 Å². The van der Waals surface area contributed by atoms with Crippen LogP contribution in [0.1, 0.15) is 31.5 Å². The summed E-state index contributed by atoms with van der Waals surface area (Å²) in [5.41, 5.74) is 3.84. The Bertz CT molecular complexity index is 628. The van der Waals surface area contributed by atoms with E-state index in [0.717, 1.165) is 18.4 Å². The number of rotatable bonds is 2. The lowest BCUT2D eigenvalue weighted by Gasteiger charge is -2.09. The van der Waals surface area contributed by atoms with Crippen molar-refractivity contribution in [2.75, 3.05) is 0 Å². The number of aromatic amines is 1. The molecule has 0 spiro atoms. The van der Waals surface area contributed by atoms with Gasteiger partial charge in [-0.25, -0.2) is 4.79 Å². The van der Waals surface area contributed by atoms with E-state index in [1.165, 1.54) is 23.1 Å². The first-order valence-electron chi connectivity index (χ1n) is 6.75. The first kappa shape index (κ1) is 12.1. The number of hydrogen-bond donors (Lipinski definition) is 2. The molecular formula is C15H18N2O2. The maximum Gasteiger partial charge on any atom is 0.412 e. The van der Waals surface area contributed by atoms with Crippen LogP contribution in [-0.2, 0) is 12.8 Å². The van der Waals surface area contributed by atoms with Crippen LogP contribution in [0.3, 0.4) is 0 Å². The van der Waals surface area contributed by atoms with Crippen LogP contribution in [0.25, 0.3) is 10.9 Å². The van der Waals surface area contributed by atoms with Gasteiger partial charge in [0.05, 0.1) is 0 Å². The van der Waals surface area contributed by atoms with Crippen molar-refractivity contribution >= 4 is 17.0 Å². The molecule has 0 atom stereocenters. The van der Waals surface area contributed by atoms with Gasteiger partial charge in [0.2, 0.25) is 0 Å². The minimum atomic E-state index is -0.401. The SMILES string of the molecule is CC(C)NC(=O)Oc1ccc2[nH]c3c(c2c1)CCC3. The summed E-state index contributed by atoms with van der Waals surface area (Å²) in [5, 5.41) is 3.90. The van der Waals surface area contributed by atoms with Crippen LogP contribution in [0.15, 0.2) is 18.2 Å². The van der Waals surface area contributed by atoms with Crippen molar-refractivity contribution < 1.29 is 9.53 Å². The maximum absolute atomic E-state index is 11.6. The molecule has 2 N–H and O–H groups in total. The van der Waals surface area contributed by atoms with Crippen LogP contribution in [0, 0.1) is 0 Å². The Morgan fingerprint density at radius 3 is 3.00 bits per heavy atom. The van der Waals surface area contributed by atoms with Crippen molar-refractivity contribution in [1.82, 2.24) is 10.3 Å². The van der Waals surface area contributed by atoms with E-state index in [-0.39, 0.29) is 6.04 Å². The molecule has 0 saturated heterocycles. The van der Waals surface area contributed by atoms with Crippen molar-refractivity contribution in [3.63, 3.8) is 0 Å². The summed E-state index contributed by atoms with van der Waals surface area (Å²) in [7, 11) is 0. The molecule has 1 amide bonds. The molecule has 0 radical (unpaired) electrons. The van der Waals surface area contributed by atoms with Gasteiger partial charge in [-0.1, -0.05) is 0 Å².